The van der Waals surface area contributed by atoms with Crippen LogP contribution in [0.25, 0.3) is 17.0 Å². The predicted molar refractivity (Wildman–Crippen MR) is 117 cm³/mol. The number of nitrogens with zero attached hydrogens (tertiary/aromatic N) is 6. The number of carbonyl (C=O) groups excluding carboxylic acids is 1. The largest absolute Gasteiger partial charge is 0.365 e. The zero-order chi connectivity index (χ0) is 21.3. The smallest absolute Gasteiger partial charge is 0.275 e. The monoisotopic (exact) mass is 404 g/mol. The number of rotatable bonds is 3. The number of anilines is 1. The summed E-state index contributed by atoms with van der Waals surface area (Å²) in [7, 11) is 3.33. The summed E-state index contributed by atoms with van der Waals surface area (Å²) in [5.74, 6) is -0.156. The van der Waals surface area contributed by atoms with E-state index in [0.717, 1.165) is 11.2 Å². The van der Waals surface area contributed by atoms with Crippen LogP contribution in [0, 0.1) is 0 Å². The molecule has 4 rings (SSSR count). The molecule has 0 radical (unpaired) electrons. The van der Waals surface area contributed by atoms with Gasteiger partial charge in [-0.05, 0) is 18.2 Å². The lowest BCUT2D eigenvalue weighted by Crippen LogP contribution is -2.50. The summed E-state index contributed by atoms with van der Waals surface area (Å²) in [6.45, 7) is 6.31. The van der Waals surface area contributed by atoms with Crippen LogP contribution in [0.5, 0.6) is 0 Å². The Morgan fingerprint density at radius 2 is 1.80 bits per heavy atom. The van der Waals surface area contributed by atoms with Gasteiger partial charge in [-0.2, -0.15) is 5.10 Å². The van der Waals surface area contributed by atoms with Gasteiger partial charge in [0.05, 0.1) is 11.1 Å². The second-order valence-electron chi connectivity index (χ2n) is 7.13. The highest BCUT2D eigenvalue weighted by molar-refractivity contribution is 6.04. The number of amides is 1. The van der Waals surface area contributed by atoms with Crippen LogP contribution in [-0.4, -0.2) is 58.4 Å². The summed E-state index contributed by atoms with van der Waals surface area (Å²) in [5.41, 5.74) is 1.95. The normalized spacial score (nSPS) is 14.9. The summed E-state index contributed by atoms with van der Waals surface area (Å²) >= 11 is 0. The van der Waals surface area contributed by atoms with E-state index in [4.69, 9.17) is 0 Å². The number of hydrogen-bond acceptors (Lipinski definition) is 5. The Balaban J connectivity index is 1.60. The van der Waals surface area contributed by atoms with E-state index in [1.165, 1.54) is 4.68 Å². The molecule has 1 aromatic carbocycles. The van der Waals surface area contributed by atoms with Gasteiger partial charge < -0.3 is 14.4 Å². The second kappa shape index (κ2) is 7.98. The maximum atomic E-state index is 13.2. The van der Waals surface area contributed by atoms with Crippen LogP contribution >= 0.6 is 0 Å². The molecule has 8 heteroatoms. The Hall–Kier alpha value is -3.68. The third kappa shape index (κ3) is 3.30. The zero-order valence-electron chi connectivity index (χ0n) is 17.2. The lowest BCUT2D eigenvalue weighted by molar-refractivity contribution is 0.0740. The van der Waals surface area contributed by atoms with E-state index in [1.807, 2.05) is 29.0 Å². The minimum absolute atomic E-state index is 0.156. The van der Waals surface area contributed by atoms with E-state index in [9.17, 15) is 9.59 Å². The molecular weight excluding hydrogens is 380 g/mol. The maximum absolute atomic E-state index is 13.2. The van der Waals surface area contributed by atoms with E-state index < -0.39 is 0 Å². The molecule has 154 valence electrons. The summed E-state index contributed by atoms with van der Waals surface area (Å²) in [5, 5.41) is 5.37. The number of aryl methyl sites for hydroxylation is 1. The molecule has 0 aliphatic carbocycles. The average molecular weight is 404 g/mol. The molecule has 3 aromatic rings. The van der Waals surface area contributed by atoms with Crippen LogP contribution in [0.2, 0.25) is 0 Å². The van der Waals surface area contributed by atoms with E-state index in [2.05, 4.69) is 21.6 Å². The standard InChI is InChI=1S/C22H24N6O2/c1-4-26-11-7-10-18(20(26)23-2)27-12-14-28(15-13-27)22(30)19-16-8-5-6-9-17(16)21(29)25(3)24-19/h4-11H,1,12-15H2,2-3H3. The van der Waals surface area contributed by atoms with Crippen molar-refractivity contribution in [2.45, 2.75) is 0 Å². The van der Waals surface area contributed by atoms with Gasteiger partial charge in [0.2, 0.25) is 0 Å². The van der Waals surface area contributed by atoms with Crippen molar-refractivity contribution in [2.24, 2.45) is 12.0 Å². The van der Waals surface area contributed by atoms with Crippen LogP contribution in [0.15, 0.2) is 59.0 Å². The molecule has 0 spiro atoms. The van der Waals surface area contributed by atoms with Gasteiger partial charge in [0.1, 0.15) is 0 Å². The first-order chi connectivity index (χ1) is 14.5. The highest BCUT2D eigenvalue weighted by Crippen LogP contribution is 2.18. The summed E-state index contributed by atoms with van der Waals surface area (Å²) < 4.78 is 3.12. The fourth-order valence-corrected chi connectivity index (χ4v) is 3.89. The number of fused-ring (bicyclic) bond motifs is 1. The third-order valence-corrected chi connectivity index (χ3v) is 5.45. The van der Waals surface area contributed by atoms with Crippen molar-refractivity contribution < 1.29 is 4.79 Å². The molecule has 1 amide bonds. The van der Waals surface area contributed by atoms with Gasteiger partial charge in [0.15, 0.2) is 11.2 Å². The molecule has 0 atom stereocenters. The van der Waals surface area contributed by atoms with E-state index >= 15 is 0 Å². The van der Waals surface area contributed by atoms with Crippen LogP contribution < -0.4 is 15.9 Å². The second-order valence-corrected chi connectivity index (χ2v) is 7.13. The number of carbonyl (C=O) groups is 1. The molecule has 3 heterocycles. The number of piperazine rings is 1. The number of hydrogen-bond donors (Lipinski definition) is 0. The van der Waals surface area contributed by atoms with Gasteiger partial charge in [0, 0.05) is 58.1 Å². The Morgan fingerprint density at radius 1 is 1.10 bits per heavy atom. The molecule has 1 aliphatic rings. The van der Waals surface area contributed by atoms with Gasteiger partial charge in [0.25, 0.3) is 11.5 Å². The molecule has 0 bridgehead atoms. The van der Waals surface area contributed by atoms with Crippen LogP contribution in [0.4, 0.5) is 5.69 Å². The molecule has 0 unspecified atom stereocenters. The molecule has 1 fully saturated rings. The minimum Gasteiger partial charge on any atom is -0.365 e. The summed E-state index contributed by atoms with van der Waals surface area (Å²) in [6, 6.07) is 11.1. The van der Waals surface area contributed by atoms with Crippen molar-refractivity contribution in [1.29, 1.82) is 0 Å². The fourth-order valence-electron chi connectivity index (χ4n) is 3.89. The Morgan fingerprint density at radius 3 is 2.47 bits per heavy atom. The van der Waals surface area contributed by atoms with E-state index in [0.29, 0.717) is 42.6 Å². The molecule has 1 aliphatic heterocycles. The van der Waals surface area contributed by atoms with Gasteiger partial charge >= 0.3 is 0 Å². The number of benzene rings is 1. The van der Waals surface area contributed by atoms with Crippen LogP contribution in [0.1, 0.15) is 10.5 Å². The minimum atomic E-state index is -0.206. The van der Waals surface area contributed by atoms with Crippen molar-refractivity contribution in [3.8, 4) is 0 Å². The van der Waals surface area contributed by atoms with Crippen molar-refractivity contribution in [1.82, 2.24) is 19.2 Å². The van der Waals surface area contributed by atoms with E-state index in [1.54, 1.807) is 43.4 Å². The Labute approximate surface area is 174 Å². The third-order valence-electron chi connectivity index (χ3n) is 5.45. The first-order valence-electron chi connectivity index (χ1n) is 9.82. The van der Waals surface area contributed by atoms with Crippen molar-refractivity contribution in [2.75, 3.05) is 38.1 Å². The summed E-state index contributed by atoms with van der Waals surface area (Å²) in [4.78, 5) is 34.0. The topological polar surface area (TPSA) is 75.7 Å². The Kier molecular flexibility index (Phi) is 5.22. The molecule has 0 saturated carbocycles. The first kappa shape index (κ1) is 19.6. The van der Waals surface area contributed by atoms with Crippen molar-refractivity contribution in [3.63, 3.8) is 0 Å². The van der Waals surface area contributed by atoms with Crippen LogP contribution in [0.3, 0.4) is 0 Å². The predicted octanol–water partition coefficient (Wildman–Crippen LogP) is 1.33. The van der Waals surface area contributed by atoms with Gasteiger partial charge in [-0.25, -0.2) is 4.68 Å². The lowest BCUT2D eigenvalue weighted by Gasteiger charge is -2.36. The van der Waals surface area contributed by atoms with Crippen molar-refractivity contribution >= 4 is 28.6 Å². The van der Waals surface area contributed by atoms with Crippen LogP contribution in [-0.2, 0) is 7.05 Å². The molecular formula is C22H24N6O2. The van der Waals surface area contributed by atoms with E-state index in [-0.39, 0.29) is 11.5 Å². The first-order valence-corrected chi connectivity index (χ1v) is 9.82. The molecule has 1 saturated heterocycles. The quantitative estimate of drug-likeness (QED) is 0.660. The maximum Gasteiger partial charge on any atom is 0.275 e. The molecule has 8 nitrogen and oxygen atoms in total. The van der Waals surface area contributed by atoms with Gasteiger partial charge in [-0.3, -0.25) is 14.6 Å². The van der Waals surface area contributed by atoms with Gasteiger partial charge in [-0.15, -0.1) is 0 Å². The highest BCUT2D eigenvalue weighted by Gasteiger charge is 2.26. The molecule has 2 aromatic heterocycles. The Bertz CT molecular complexity index is 1250. The molecule has 0 N–H and O–H groups in total. The zero-order valence-corrected chi connectivity index (χ0v) is 17.2. The average Bonchev–Trinajstić information content (AvgIpc) is 2.80. The SMILES string of the molecule is C=Cn1cccc(N2CCN(C(=O)c3nn(C)c(=O)c4ccccc34)CC2)c1=NC. The lowest BCUT2D eigenvalue weighted by atomic mass is 10.1. The summed E-state index contributed by atoms with van der Waals surface area (Å²) in [6.07, 6.45) is 3.64. The van der Waals surface area contributed by atoms with Gasteiger partial charge in [-0.1, -0.05) is 24.8 Å². The number of pyridine rings is 1. The fraction of sp³-hybridized carbons (Fsp3) is 0.273. The highest BCUT2D eigenvalue weighted by atomic mass is 16.2. The molecule has 30 heavy (non-hydrogen) atoms. The number of aromatic nitrogens is 3. The van der Waals surface area contributed by atoms with Crippen molar-refractivity contribution in [3.05, 3.63) is 70.7 Å².